The largest absolute Gasteiger partial charge is 0.497 e. The third kappa shape index (κ3) is 9.07. The second-order valence-electron chi connectivity index (χ2n) is 11.3. The maximum absolute atomic E-state index is 14.0. The molecule has 1 fully saturated rings. The van der Waals surface area contributed by atoms with Gasteiger partial charge in [-0.3, -0.25) is 13.9 Å². The van der Waals surface area contributed by atoms with Crippen molar-refractivity contribution in [1.82, 2.24) is 10.2 Å². The SMILES string of the molecule is COc1ccc(N(CCCC(=O)N(Cc2ccccc2C)[C@@H](Cc2ccccc2)C(=O)NC2CCCC2)S(C)(=O)=O)cc1. The summed E-state index contributed by atoms with van der Waals surface area (Å²) in [5.41, 5.74) is 3.49. The molecule has 0 bridgehead atoms. The molecule has 2 amide bonds. The van der Waals surface area contributed by atoms with E-state index in [4.69, 9.17) is 4.74 Å². The minimum atomic E-state index is -3.59. The molecule has 0 aromatic heterocycles. The molecule has 1 saturated carbocycles. The van der Waals surface area contributed by atoms with Crippen LogP contribution in [0, 0.1) is 6.92 Å². The van der Waals surface area contributed by atoms with E-state index >= 15 is 0 Å². The van der Waals surface area contributed by atoms with Crippen LogP contribution in [0.5, 0.6) is 5.75 Å². The Hall–Kier alpha value is -3.85. The molecule has 0 saturated heterocycles. The Kier molecular flexibility index (Phi) is 11.2. The number of nitrogens with one attached hydrogen (secondary N) is 1. The second kappa shape index (κ2) is 15.0. The summed E-state index contributed by atoms with van der Waals surface area (Å²) in [4.78, 5) is 29.6. The fraction of sp³-hybridized carbons (Fsp3) is 0.412. The van der Waals surface area contributed by atoms with Crippen molar-refractivity contribution in [2.45, 2.75) is 70.5 Å². The molecule has 3 aromatic rings. The number of nitrogens with zero attached hydrogens (tertiary/aromatic N) is 2. The maximum Gasteiger partial charge on any atom is 0.243 e. The Bertz CT molecular complexity index is 1450. The Morgan fingerprint density at radius 1 is 0.953 bits per heavy atom. The number of rotatable bonds is 14. The van der Waals surface area contributed by atoms with Gasteiger partial charge in [0.2, 0.25) is 21.8 Å². The number of carbonyl (C=O) groups is 2. The summed E-state index contributed by atoms with van der Waals surface area (Å²) in [7, 11) is -2.04. The van der Waals surface area contributed by atoms with E-state index in [0.717, 1.165) is 48.6 Å². The van der Waals surface area contributed by atoms with Crippen LogP contribution in [0.15, 0.2) is 78.9 Å². The van der Waals surface area contributed by atoms with Gasteiger partial charge in [0.15, 0.2) is 0 Å². The lowest BCUT2D eigenvalue weighted by Crippen LogP contribution is -2.52. The van der Waals surface area contributed by atoms with Crippen molar-refractivity contribution in [3.63, 3.8) is 0 Å². The first-order valence-electron chi connectivity index (χ1n) is 15.0. The molecule has 0 aliphatic heterocycles. The van der Waals surface area contributed by atoms with Gasteiger partial charge < -0.3 is 15.0 Å². The molecule has 1 aliphatic rings. The maximum atomic E-state index is 14.0. The summed E-state index contributed by atoms with van der Waals surface area (Å²) in [6, 6.07) is 23.9. The Morgan fingerprint density at radius 3 is 2.23 bits per heavy atom. The van der Waals surface area contributed by atoms with E-state index in [1.54, 1.807) is 36.3 Å². The fourth-order valence-electron chi connectivity index (χ4n) is 5.64. The van der Waals surface area contributed by atoms with Crippen LogP contribution in [0.3, 0.4) is 0 Å². The van der Waals surface area contributed by atoms with E-state index in [0.29, 0.717) is 24.3 Å². The van der Waals surface area contributed by atoms with Crippen LogP contribution in [0.2, 0.25) is 0 Å². The zero-order valence-electron chi connectivity index (χ0n) is 25.4. The van der Waals surface area contributed by atoms with E-state index in [-0.39, 0.29) is 37.4 Å². The quantitative estimate of drug-likeness (QED) is 0.271. The molecule has 3 aromatic carbocycles. The van der Waals surface area contributed by atoms with Crippen molar-refractivity contribution in [2.24, 2.45) is 0 Å². The average Bonchev–Trinajstić information content (AvgIpc) is 3.51. The summed E-state index contributed by atoms with van der Waals surface area (Å²) in [6.45, 7) is 2.42. The lowest BCUT2D eigenvalue weighted by atomic mass is 10.0. The lowest BCUT2D eigenvalue weighted by molar-refractivity contribution is -0.141. The van der Waals surface area contributed by atoms with Crippen molar-refractivity contribution in [2.75, 3.05) is 24.2 Å². The molecule has 0 spiro atoms. The van der Waals surface area contributed by atoms with Gasteiger partial charge in [0.05, 0.1) is 19.1 Å². The molecule has 43 heavy (non-hydrogen) atoms. The highest BCUT2D eigenvalue weighted by Gasteiger charge is 2.32. The number of hydrogen-bond acceptors (Lipinski definition) is 5. The highest BCUT2D eigenvalue weighted by molar-refractivity contribution is 7.92. The Balaban J connectivity index is 1.58. The number of sulfonamides is 1. The van der Waals surface area contributed by atoms with Gasteiger partial charge in [0, 0.05) is 32.0 Å². The average molecular weight is 606 g/mol. The van der Waals surface area contributed by atoms with Crippen LogP contribution >= 0.6 is 0 Å². The van der Waals surface area contributed by atoms with Gasteiger partial charge in [0.1, 0.15) is 11.8 Å². The molecule has 4 rings (SSSR count). The van der Waals surface area contributed by atoms with E-state index in [2.05, 4.69) is 5.32 Å². The van der Waals surface area contributed by atoms with Crippen molar-refractivity contribution in [1.29, 1.82) is 0 Å². The van der Waals surface area contributed by atoms with Crippen LogP contribution in [0.25, 0.3) is 0 Å². The minimum absolute atomic E-state index is 0.0933. The van der Waals surface area contributed by atoms with E-state index < -0.39 is 16.1 Å². The summed E-state index contributed by atoms with van der Waals surface area (Å²) in [6.07, 6.45) is 6.01. The molecular weight excluding hydrogens is 562 g/mol. The van der Waals surface area contributed by atoms with Crippen LogP contribution in [-0.4, -0.2) is 57.1 Å². The number of methoxy groups -OCH3 is 1. The Morgan fingerprint density at radius 2 is 1.60 bits per heavy atom. The number of amides is 2. The zero-order chi connectivity index (χ0) is 30.8. The minimum Gasteiger partial charge on any atom is -0.497 e. The number of hydrogen-bond donors (Lipinski definition) is 1. The summed E-state index contributed by atoms with van der Waals surface area (Å²) < 4.78 is 31.9. The molecule has 0 radical (unpaired) electrons. The summed E-state index contributed by atoms with van der Waals surface area (Å²) in [5, 5.41) is 3.23. The van der Waals surface area contributed by atoms with Crippen LogP contribution in [-0.2, 0) is 32.6 Å². The summed E-state index contributed by atoms with van der Waals surface area (Å²) >= 11 is 0. The van der Waals surface area contributed by atoms with E-state index in [1.807, 2.05) is 61.5 Å². The summed E-state index contributed by atoms with van der Waals surface area (Å²) in [5.74, 6) is 0.294. The monoisotopic (exact) mass is 605 g/mol. The number of aryl methyl sites for hydroxylation is 1. The number of ether oxygens (including phenoxy) is 1. The molecule has 230 valence electrons. The molecule has 1 aliphatic carbocycles. The molecule has 1 N–H and O–H groups in total. The lowest BCUT2D eigenvalue weighted by Gasteiger charge is -2.33. The predicted octanol–water partition coefficient (Wildman–Crippen LogP) is 5.25. The first kappa shape index (κ1) is 32.1. The van der Waals surface area contributed by atoms with E-state index in [1.165, 1.54) is 4.31 Å². The van der Waals surface area contributed by atoms with Gasteiger partial charge in [-0.05, 0) is 67.1 Å². The van der Waals surface area contributed by atoms with Gasteiger partial charge in [0.25, 0.3) is 0 Å². The molecular formula is C34H43N3O5S. The molecule has 0 heterocycles. The van der Waals surface area contributed by atoms with Crippen molar-refractivity contribution in [3.8, 4) is 5.75 Å². The van der Waals surface area contributed by atoms with Gasteiger partial charge in [-0.2, -0.15) is 0 Å². The highest BCUT2D eigenvalue weighted by atomic mass is 32.2. The van der Waals surface area contributed by atoms with Gasteiger partial charge in [-0.25, -0.2) is 8.42 Å². The van der Waals surface area contributed by atoms with Crippen molar-refractivity contribution < 1.29 is 22.7 Å². The first-order valence-corrected chi connectivity index (χ1v) is 16.8. The topological polar surface area (TPSA) is 96.0 Å². The molecule has 0 unspecified atom stereocenters. The standard InChI is InChI=1S/C34H43N3O5S/c1-26-12-7-8-15-28(26)25-36(32(24-27-13-5-4-6-14-27)34(39)35-29-16-9-10-17-29)33(38)18-11-23-37(43(3,40)41)30-19-21-31(42-2)22-20-30/h4-8,12-15,19-22,29,32H,9-11,16-18,23-25H2,1-3H3,(H,35,39)/t32-/m0/s1. The van der Waals surface area contributed by atoms with Gasteiger partial charge in [-0.1, -0.05) is 67.4 Å². The zero-order valence-corrected chi connectivity index (χ0v) is 26.2. The smallest absolute Gasteiger partial charge is 0.243 e. The van der Waals surface area contributed by atoms with Crippen LogP contribution in [0.1, 0.15) is 55.2 Å². The third-order valence-corrected chi connectivity index (χ3v) is 9.28. The first-order chi connectivity index (χ1) is 20.7. The normalized spacial score (nSPS) is 14.2. The molecule has 9 heteroatoms. The number of anilines is 1. The second-order valence-corrected chi connectivity index (χ2v) is 13.2. The fourth-order valence-corrected chi connectivity index (χ4v) is 6.61. The van der Waals surface area contributed by atoms with Gasteiger partial charge >= 0.3 is 0 Å². The molecule has 8 nitrogen and oxygen atoms in total. The molecule has 1 atom stereocenters. The van der Waals surface area contributed by atoms with Gasteiger partial charge in [-0.15, -0.1) is 0 Å². The van der Waals surface area contributed by atoms with Crippen LogP contribution < -0.4 is 14.4 Å². The highest BCUT2D eigenvalue weighted by Crippen LogP contribution is 2.24. The predicted molar refractivity (Wildman–Crippen MR) is 170 cm³/mol. The van der Waals surface area contributed by atoms with Crippen LogP contribution in [0.4, 0.5) is 5.69 Å². The van der Waals surface area contributed by atoms with E-state index in [9.17, 15) is 18.0 Å². The third-order valence-electron chi connectivity index (χ3n) is 8.09. The number of benzene rings is 3. The number of carbonyl (C=O) groups excluding carboxylic acids is 2. The Labute approximate surface area is 256 Å². The van der Waals surface area contributed by atoms with Crippen molar-refractivity contribution in [3.05, 3.63) is 95.6 Å². The van der Waals surface area contributed by atoms with Crippen molar-refractivity contribution >= 4 is 27.5 Å².